The van der Waals surface area contributed by atoms with Crippen LogP contribution >= 0.6 is 0 Å². The SMILES string of the molecule is COC1=CN=C(N2CCCCC2)c2ncccc2C1. The summed E-state index contributed by atoms with van der Waals surface area (Å²) in [5.74, 6) is 1.89. The van der Waals surface area contributed by atoms with E-state index in [1.807, 2.05) is 18.5 Å². The zero-order valence-electron chi connectivity index (χ0n) is 11.3. The summed E-state index contributed by atoms with van der Waals surface area (Å²) in [4.78, 5) is 11.5. The van der Waals surface area contributed by atoms with Crippen LogP contribution in [0.5, 0.6) is 0 Å². The summed E-state index contributed by atoms with van der Waals surface area (Å²) in [6.45, 7) is 2.15. The second-order valence-electron chi connectivity index (χ2n) is 4.99. The van der Waals surface area contributed by atoms with Gasteiger partial charge in [0, 0.05) is 25.7 Å². The minimum atomic E-state index is 0.764. The number of rotatable bonds is 1. The molecule has 2 aliphatic rings. The molecule has 4 heteroatoms. The molecule has 1 aromatic rings. The molecule has 0 unspecified atom stereocenters. The fraction of sp³-hybridized carbons (Fsp3) is 0.467. The lowest BCUT2D eigenvalue weighted by atomic mass is 10.1. The Bertz CT molecular complexity index is 516. The van der Waals surface area contributed by atoms with Gasteiger partial charge in [0.15, 0.2) is 5.84 Å². The summed E-state index contributed by atoms with van der Waals surface area (Å²) >= 11 is 0. The van der Waals surface area contributed by atoms with E-state index in [-0.39, 0.29) is 0 Å². The second kappa shape index (κ2) is 5.43. The van der Waals surface area contributed by atoms with E-state index < -0.39 is 0 Å². The standard InChI is InChI=1S/C15H19N3O/c1-19-13-10-12-6-5-7-16-14(12)15(17-11-13)18-8-3-2-4-9-18/h5-7,11H,2-4,8-10H2,1H3. The van der Waals surface area contributed by atoms with Gasteiger partial charge < -0.3 is 9.64 Å². The number of piperidine rings is 1. The van der Waals surface area contributed by atoms with E-state index in [0.717, 1.165) is 36.8 Å². The molecule has 0 bridgehead atoms. The lowest BCUT2D eigenvalue weighted by Gasteiger charge is -2.29. The van der Waals surface area contributed by atoms with Gasteiger partial charge in [0.25, 0.3) is 0 Å². The highest BCUT2D eigenvalue weighted by molar-refractivity contribution is 5.99. The summed E-state index contributed by atoms with van der Waals surface area (Å²) in [5.41, 5.74) is 2.20. The molecular weight excluding hydrogens is 238 g/mol. The molecule has 19 heavy (non-hydrogen) atoms. The number of hydrogen-bond acceptors (Lipinski definition) is 4. The Labute approximate surface area is 113 Å². The first kappa shape index (κ1) is 12.2. The van der Waals surface area contributed by atoms with Crippen molar-refractivity contribution in [2.45, 2.75) is 25.7 Å². The Morgan fingerprint density at radius 2 is 2.05 bits per heavy atom. The molecule has 0 spiro atoms. The molecule has 1 saturated heterocycles. The first-order valence-corrected chi connectivity index (χ1v) is 6.88. The number of methoxy groups -OCH3 is 1. The Kier molecular flexibility index (Phi) is 3.49. The van der Waals surface area contributed by atoms with Crippen LogP contribution in [0.2, 0.25) is 0 Å². The van der Waals surface area contributed by atoms with Gasteiger partial charge in [-0.3, -0.25) is 4.98 Å². The Morgan fingerprint density at radius 3 is 2.84 bits per heavy atom. The summed E-state index contributed by atoms with van der Waals surface area (Å²) < 4.78 is 5.37. The van der Waals surface area contributed by atoms with Gasteiger partial charge in [0.1, 0.15) is 11.5 Å². The smallest absolute Gasteiger partial charge is 0.154 e. The highest BCUT2D eigenvalue weighted by Crippen LogP contribution is 2.21. The lowest BCUT2D eigenvalue weighted by molar-refractivity contribution is 0.282. The van der Waals surface area contributed by atoms with E-state index in [0.29, 0.717) is 0 Å². The average Bonchev–Trinajstić information content (AvgIpc) is 2.67. The fourth-order valence-electron chi connectivity index (χ4n) is 2.67. The van der Waals surface area contributed by atoms with E-state index in [2.05, 4.69) is 20.9 Å². The number of fused-ring (bicyclic) bond motifs is 1. The highest BCUT2D eigenvalue weighted by atomic mass is 16.5. The number of allylic oxidation sites excluding steroid dienone is 1. The molecule has 100 valence electrons. The molecule has 2 aliphatic heterocycles. The molecule has 1 fully saturated rings. The van der Waals surface area contributed by atoms with Crippen LogP contribution in [0.25, 0.3) is 0 Å². The van der Waals surface area contributed by atoms with Crippen LogP contribution in [0.1, 0.15) is 30.5 Å². The third-order valence-electron chi connectivity index (χ3n) is 3.72. The van der Waals surface area contributed by atoms with Crippen molar-refractivity contribution in [3.05, 3.63) is 41.5 Å². The largest absolute Gasteiger partial charge is 0.499 e. The Hall–Kier alpha value is -1.84. The molecule has 1 aromatic heterocycles. The van der Waals surface area contributed by atoms with Crippen molar-refractivity contribution < 1.29 is 4.74 Å². The third kappa shape index (κ3) is 2.48. The number of likely N-dealkylation sites (tertiary alicyclic amines) is 1. The average molecular weight is 257 g/mol. The summed E-state index contributed by atoms with van der Waals surface area (Å²) in [5, 5.41) is 0. The van der Waals surface area contributed by atoms with Crippen LogP contribution in [-0.2, 0) is 11.2 Å². The maximum atomic E-state index is 5.37. The van der Waals surface area contributed by atoms with Gasteiger partial charge in [-0.05, 0) is 30.9 Å². The van der Waals surface area contributed by atoms with E-state index in [9.17, 15) is 0 Å². The quantitative estimate of drug-likeness (QED) is 0.775. The number of aromatic nitrogens is 1. The van der Waals surface area contributed by atoms with Crippen molar-refractivity contribution in [1.82, 2.24) is 9.88 Å². The molecule has 3 rings (SSSR count). The predicted molar refractivity (Wildman–Crippen MR) is 75.0 cm³/mol. The summed E-state index contributed by atoms with van der Waals surface area (Å²) in [7, 11) is 1.70. The minimum absolute atomic E-state index is 0.764. The molecule has 0 aromatic carbocycles. The fourth-order valence-corrected chi connectivity index (χ4v) is 2.67. The maximum absolute atomic E-state index is 5.37. The van der Waals surface area contributed by atoms with Gasteiger partial charge in [0.2, 0.25) is 0 Å². The zero-order chi connectivity index (χ0) is 13.1. The lowest BCUT2D eigenvalue weighted by Crippen LogP contribution is -2.37. The van der Waals surface area contributed by atoms with Gasteiger partial charge in [0.05, 0.1) is 13.3 Å². The minimum Gasteiger partial charge on any atom is -0.499 e. The first-order valence-electron chi connectivity index (χ1n) is 6.88. The number of ether oxygens (including phenoxy) is 1. The van der Waals surface area contributed by atoms with Crippen molar-refractivity contribution in [1.29, 1.82) is 0 Å². The molecule has 4 nitrogen and oxygen atoms in total. The van der Waals surface area contributed by atoms with Crippen LogP contribution in [0, 0.1) is 0 Å². The van der Waals surface area contributed by atoms with E-state index in [4.69, 9.17) is 4.74 Å². The number of nitrogens with zero attached hydrogens (tertiary/aromatic N) is 3. The maximum Gasteiger partial charge on any atom is 0.154 e. The second-order valence-corrected chi connectivity index (χ2v) is 4.99. The molecule has 0 aliphatic carbocycles. The normalized spacial score (nSPS) is 19.1. The van der Waals surface area contributed by atoms with Crippen LogP contribution in [0.15, 0.2) is 35.3 Å². The van der Waals surface area contributed by atoms with Crippen molar-refractivity contribution in [2.24, 2.45) is 4.99 Å². The molecular formula is C15H19N3O. The number of pyridine rings is 1. The van der Waals surface area contributed by atoms with Crippen LogP contribution in [0.4, 0.5) is 0 Å². The number of hydrogen-bond donors (Lipinski definition) is 0. The topological polar surface area (TPSA) is 37.7 Å². The monoisotopic (exact) mass is 257 g/mol. The molecule has 0 saturated carbocycles. The van der Waals surface area contributed by atoms with Gasteiger partial charge in [-0.2, -0.15) is 0 Å². The van der Waals surface area contributed by atoms with E-state index in [1.54, 1.807) is 7.11 Å². The number of amidine groups is 1. The predicted octanol–water partition coefficient (Wildman–Crippen LogP) is 2.36. The van der Waals surface area contributed by atoms with Crippen molar-refractivity contribution in [3.8, 4) is 0 Å². The number of aliphatic imine (C=N–C) groups is 1. The van der Waals surface area contributed by atoms with Gasteiger partial charge in [-0.1, -0.05) is 6.07 Å². The molecule has 0 N–H and O–H groups in total. The van der Waals surface area contributed by atoms with Crippen molar-refractivity contribution in [3.63, 3.8) is 0 Å². The van der Waals surface area contributed by atoms with Crippen LogP contribution < -0.4 is 0 Å². The van der Waals surface area contributed by atoms with Gasteiger partial charge in [-0.15, -0.1) is 0 Å². The van der Waals surface area contributed by atoms with Crippen molar-refractivity contribution in [2.75, 3.05) is 20.2 Å². The van der Waals surface area contributed by atoms with Gasteiger partial charge in [-0.25, -0.2) is 4.99 Å². The Balaban J connectivity index is 2.00. The molecule has 0 atom stereocenters. The first-order chi connectivity index (χ1) is 9.38. The zero-order valence-corrected chi connectivity index (χ0v) is 11.3. The third-order valence-corrected chi connectivity index (χ3v) is 3.72. The molecule has 3 heterocycles. The summed E-state index contributed by atoms with van der Waals surface area (Å²) in [6.07, 6.45) is 8.24. The van der Waals surface area contributed by atoms with Gasteiger partial charge >= 0.3 is 0 Å². The Morgan fingerprint density at radius 1 is 1.21 bits per heavy atom. The van der Waals surface area contributed by atoms with E-state index >= 15 is 0 Å². The molecule has 0 radical (unpaired) electrons. The highest BCUT2D eigenvalue weighted by Gasteiger charge is 2.22. The summed E-state index contributed by atoms with van der Waals surface area (Å²) in [6, 6.07) is 4.09. The van der Waals surface area contributed by atoms with Crippen molar-refractivity contribution >= 4 is 5.84 Å². The molecule has 0 amide bonds. The van der Waals surface area contributed by atoms with Crippen LogP contribution in [0.3, 0.4) is 0 Å². The van der Waals surface area contributed by atoms with Crippen LogP contribution in [-0.4, -0.2) is 35.9 Å². The van der Waals surface area contributed by atoms with E-state index in [1.165, 1.54) is 24.8 Å².